The molecular formula is C10H7Br2F4NO. The summed E-state index contributed by atoms with van der Waals surface area (Å²) in [7, 11) is 0. The number of nitrogens with one attached hydrogen (secondary N) is 1. The number of aryl methyl sites for hydroxylation is 1. The largest absolute Gasteiger partial charge is 0.383 e. The second kappa shape index (κ2) is 5.56. The molecule has 0 saturated carbocycles. The molecular weight excluding hydrogens is 386 g/mol. The van der Waals surface area contributed by atoms with Crippen LogP contribution >= 0.6 is 31.9 Å². The van der Waals surface area contributed by atoms with Gasteiger partial charge in [0.15, 0.2) is 0 Å². The number of hydrogen-bond donors (Lipinski definition) is 1. The molecule has 0 aliphatic rings. The molecule has 18 heavy (non-hydrogen) atoms. The van der Waals surface area contributed by atoms with Gasteiger partial charge in [0.1, 0.15) is 0 Å². The van der Waals surface area contributed by atoms with E-state index in [1.54, 1.807) is 24.4 Å². The Balaban J connectivity index is 3.03. The number of alkyl halides is 4. The van der Waals surface area contributed by atoms with E-state index in [0.717, 1.165) is 5.56 Å². The maximum atomic E-state index is 12.8. The van der Waals surface area contributed by atoms with Crippen molar-refractivity contribution in [3.63, 3.8) is 0 Å². The van der Waals surface area contributed by atoms with Crippen molar-refractivity contribution in [2.75, 3.05) is 5.32 Å². The van der Waals surface area contributed by atoms with Gasteiger partial charge in [-0.05, 0) is 56.5 Å². The van der Waals surface area contributed by atoms with Crippen LogP contribution in [0, 0.1) is 6.92 Å². The predicted molar refractivity (Wildman–Crippen MR) is 66.2 cm³/mol. The number of anilines is 1. The van der Waals surface area contributed by atoms with Gasteiger partial charge in [-0.15, -0.1) is 0 Å². The number of carbonyl (C=O) groups is 1. The Morgan fingerprint density at radius 3 is 2.11 bits per heavy atom. The van der Waals surface area contributed by atoms with E-state index in [1.807, 2.05) is 0 Å². The molecule has 0 saturated heterocycles. The van der Waals surface area contributed by atoms with Crippen LogP contribution in [0.5, 0.6) is 0 Å². The highest BCUT2D eigenvalue weighted by Crippen LogP contribution is 2.34. The molecule has 0 spiro atoms. The summed E-state index contributed by atoms with van der Waals surface area (Å²) in [6, 6.07) is 3.11. The van der Waals surface area contributed by atoms with Crippen LogP contribution < -0.4 is 5.32 Å². The monoisotopic (exact) mass is 391 g/mol. The third kappa shape index (κ3) is 3.23. The molecule has 1 amide bonds. The summed E-state index contributed by atoms with van der Waals surface area (Å²) in [5.41, 5.74) is 0.776. The zero-order valence-electron chi connectivity index (χ0n) is 8.91. The summed E-state index contributed by atoms with van der Waals surface area (Å²) in [4.78, 5) is 11.1. The first-order valence-corrected chi connectivity index (χ1v) is 6.18. The first kappa shape index (κ1) is 15.4. The summed E-state index contributed by atoms with van der Waals surface area (Å²) in [5, 5.41) is 1.76. The second-order valence-corrected chi connectivity index (χ2v) is 5.19. The fourth-order valence-electron chi connectivity index (χ4n) is 1.12. The Kier molecular flexibility index (Phi) is 4.77. The zero-order valence-corrected chi connectivity index (χ0v) is 12.1. The highest BCUT2D eigenvalue weighted by Gasteiger charge is 2.49. The minimum atomic E-state index is -4.73. The predicted octanol–water partition coefficient (Wildman–Crippen LogP) is 4.36. The standard InChI is InChI=1S/C10H7Br2F4NO/c1-4-2-5(11)7(6(12)3-4)17-9(18)10(15,16)8(13)14/h2-3,8H,1H3,(H,17,18). The van der Waals surface area contributed by atoms with E-state index in [2.05, 4.69) is 31.9 Å². The maximum Gasteiger partial charge on any atom is 0.383 e. The Hall–Kier alpha value is -0.630. The summed E-state index contributed by atoms with van der Waals surface area (Å²) in [5.74, 6) is -6.79. The van der Waals surface area contributed by atoms with Crippen LogP contribution in [0.2, 0.25) is 0 Å². The van der Waals surface area contributed by atoms with Crippen LogP contribution in [0.4, 0.5) is 23.2 Å². The van der Waals surface area contributed by atoms with Crippen molar-refractivity contribution in [2.45, 2.75) is 19.3 Å². The zero-order chi connectivity index (χ0) is 14.1. The molecule has 0 radical (unpaired) electrons. The lowest BCUT2D eigenvalue weighted by Crippen LogP contribution is -2.41. The normalized spacial score (nSPS) is 11.8. The third-order valence-electron chi connectivity index (χ3n) is 2.00. The molecule has 100 valence electrons. The molecule has 0 unspecified atom stereocenters. The molecule has 1 N–H and O–H groups in total. The van der Waals surface area contributed by atoms with Gasteiger partial charge in [0.2, 0.25) is 0 Å². The molecule has 0 aliphatic heterocycles. The van der Waals surface area contributed by atoms with Crippen LogP contribution in [0.1, 0.15) is 5.56 Å². The van der Waals surface area contributed by atoms with Gasteiger partial charge in [0.05, 0.1) is 5.69 Å². The SMILES string of the molecule is Cc1cc(Br)c(NC(=O)C(F)(F)C(F)F)c(Br)c1. The highest BCUT2D eigenvalue weighted by atomic mass is 79.9. The maximum absolute atomic E-state index is 12.8. The van der Waals surface area contributed by atoms with Crippen LogP contribution in [0.3, 0.4) is 0 Å². The molecule has 8 heteroatoms. The van der Waals surface area contributed by atoms with E-state index >= 15 is 0 Å². The van der Waals surface area contributed by atoms with Crippen molar-refractivity contribution in [1.29, 1.82) is 0 Å². The fraction of sp³-hybridized carbons (Fsp3) is 0.300. The van der Waals surface area contributed by atoms with E-state index in [-0.39, 0.29) is 5.69 Å². The molecule has 0 fully saturated rings. The van der Waals surface area contributed by atoms with Crippen molar-refractivity contribution in [2.24, 2.45) is 0 Å². The molecule has 0 heterocycles. The average molecular weight is 393 g/mol. The molecule has 1 rings (SSSR count). The topological polar surface area (TPSA) is 29.1 Å². The molecule has 0 bridgehead atoms. The van der Waals surface area contributed by atoms with Gasteiger partial charge in [-0.1, -0.05) is 0 Å². The van der Waals surface area contributed by atoms with Crippen molar-refractivity contribution in [1.82, 2.24) is 0 Å². The quantitative estimate of drug-likeness (QED) is 0.761. The van der Waals surface area contributed by atoms with Crippen molar-refractivity contribution in [3.8, 4) is 0 Å². The van der Waals surface area contributed by atoms with E-state index in [4.69, 9.17) is 0 Å². The number of hydrogen-bond acceptors (Lipinski definition) is 1. The van der Waals surface area contributed by atoms with Crippen molar-refractivity contribution >= 4 is 43.5 Å². The van der Waals surface area contributed by atoms with Gasteiger partial charge in [-0.25, -0.2) is 8.78 Å². The Morgan fingerprint density at radius 2 is 1.72 bits per heavy atom. The van der Waals surface area contributed by atoms with Crippen molar-refractivity contribution < 1.29 is 22.4 Å². The van der Waals surface area contributed by atoms with Gasteiger partial charge in [0.25, 0.3) is 0 Å². The molecule has 1 aromatic carbocycles. The Morgan fingerprint density at radius 1 is 1.28 bits per heavy atom. The van der Waals surface area contributed by atoms with E-state index in [0.29, 0.717) is 8.95 Å². The third-order valence-corrected chi connectivity index (χ3v) is 3.25. The lowest BCUT2D eigenvalue weighted by atomic mass is 10.2. The second-order valence-electron chi connectivity index (χ2n) is 3.48. The minimum Gasteiger partial charge on any atom is -0.319 e. The van der Waals surface area contributed by atoms with Crippen LogP contribution in [-0.4, -0.2) is 18.3 Å². The fourth-order valence-corrected chi connectivity index (χ4v) is 2.73. The molecule has 1 aromatic rings. The van der Waals surface area contributed by atoms with Gasteiger partial charge in [0, 0.05) is 8.95 Å². The van der Waals surface area contributed by atoms with E-state index in [9.17, 15) is 22.4 Å². The summed E-state index contributed by atoms with van der Waals surface area (Å²) < 4.78 is 50.2. The summed E-state index contributed by atoms with van der Waals surface area (Å²) in [6.45, 7) is 1.74. The van der Waals surface area contributed by atoms with Crippen LogP contribution in [0.15, 0.2) is 21.1 Å². The lowest BCUT2D eigenvalue weighted by molar-refractivity contribution is -0.163. The summed E-state index contributed by atoms with van der Waals surface area (Å²) in [6.07, 6.45) is -4.06. The number of amides is 1. The lowest BCUT2D eigenvalue weighted by Gasteiger charge is -2.16. The number of carbonyl (C=O) groups excluding carboxylic acids is 1. The smallest absolute Gasteiger partial charge is 0.319 e. The first-order valence-electron chi connectivity index (χ1n) is 4.59. The van der Waals surface area contributed by atoms with Crippen molar-refractivity contribution in [3.05, 3.63) is 26.6 Å². The van der Waals surface area contributed by atoms with E-state index in [1.165, 1.54) is 0 Å². The number of rotatable bonds is 3. The first-order chi connectivity index (χ1) is 8.16. The molecule has 2 nitrogen and oxygen atoms in total. The van der Waals surface area contributed by atoms with E-state index < -0.39 is 18.3 Å². The molecule has 0 atom stereocenters. The van der Waals surface area contributed by atoms with Gasteiger partial charge < -0.3 is 5.32 Å². The minimum absolute atomic E-state index is 0.0223. The van der Waals surface area contributed by atoms with Crippen LogP contribution in [-0.2, 0) is 4.79 Å². The highest BCUT2D eigenvalue weighted by molar-refractivity contribution is 9.11. The van der Waals surface area contributed by atoms with Gasteiger partial charge >= 0.3 is 18.3 Å². The van der Waals surface area contributed by atoms with Gasteiger partial charge in [-0.3, -0.25) is 4.79 Å². The Labute approximate surface area is 117 Å². The van der Waals surface area contributed by atoms with Crippen LogP contribution in [0.25, 0.3) is 0 Å². The summed E-state index contributed by atoms with van der Waals surface area (Å²) >= 11 is 6.11. The Bertz CT molecular complexity index is 456. The molecule has 0 aromatic heterocycles. The number of halogens is 6. The number of benzene rings is 1. The average Bonchev–Trinajstić information content (AvgIpc) is 2.22. The molecule has 0 aliphatic carbocycles. The van der Waals surface area contributed by atoms with Gasteiger partial charge in [-0.2, -0.15) is 8.78 Å².